The monoisotopic (exact) mass is 315 g/mol. The fourth-order valence-corrected chi connectivity index (χ4v) is 3.48. The van der Waals surface area contributed by atoms with Crippen LogP contribution in [-0.2, 0) is 20.0 Å². The van der Waals surface area contributed by atoms with Crippen LogP contribution >= 0.6 is 0 Å². The third-order valence-corrected chi connectivity index (χ3v) is 5.06. The van der Waals surface area contributed by atoms with Crippen LogP contribution in [0.25, 0.3) is 0 Å². The zero-order valence-corrected chi connectivity index (χ0v) is 14.1. The molecule has 4 heteroatoms. The van der Waals surface area contributed by atoms with Crippen LogP contribution < -0.4 is 0 Å². The zero-order valence-electron chi connectivity index (χ0n) is 14.1. The van der Waals surface area contributed by atoms with Gasteiger partial charge in [-0.3, -0.25) is 4.90 Å². The minimum absolute atomic E-state index is 0.149. The molecule has 0 N–H and O–H groups in total. The molecule has 0 bridgehead atoms. The Morgan fingerprint density at radius 1 is 1.26 bits per heavy atom. The van der Waals surface area contributed by atoms with Gasteiger partial charge in [0.15, 0.2) is 0 Å². The number of halogens is 1. The summed E-state index contributed by atoms with van der Waals surface area (Å²) >= 11 is 0. The number of hydrogen-bond acceptors (Lipinski definition) is 2. The largest absolute Gasteiger partial charge is 0.334 e. The van der Waals surface area contributed by atoms with E-state index in [9.17, 15) is 4.39 Å². The molecule has 1 atom stereocenters. The molecule has 2 heterocycles. The van der Waals surface area contributed by atoms with Crippen molar-refractivity contribution >= 4 is 0 Å². The summed E-state index contributed by atoms with van der Waals surface area (Å²) < 4.78 is 15.1. The molecule has 0 spiro atoms. The Morgan fingerprint density at radius 2 is 2.04 bits per heavy atom. The highest BCUT2D eigenvalue weighted by atomic mass is 19.1. The van der Waals surface area contributed by atoms with Gasteiger partial charge in [-0.05, 0) is 62.8 Å². The van der Waals surface area contributed by atoms with Crippen molar-refractivity contribution in [2.45, 2.75) is 39.2 Å². The van der Waals surface area contributed by atoms with E-state index in [0.717, 1.165) is 31.3 Å². The highest BCUT2D eigenvalue weighted by molar-refractivity contribution is 5.16. The van der Waals surface area contributed by atoms with Gasteiger partial charge in [0.25, 0.3) is 0 Å². The zero-order chi connectivity index (χ0) is 16.2. The van der Waals surface area contributed by atoms with Gasteiger partial charge in [-0.2, -0.15) is 0 Å². The number of benzene rings is 1. The van der Waals surface area contributed by atoms with Crippen LogP contribution in [0.2, 0.25) is 0 Å². The third kappa shape index (κ3) is 4.20. The van der Waals surface area contributed by atoms with Crippen LogP contribution in [0.4, 0.5) is 4.39 Å². The lowest BCUT2D eigenvalue weighted by molar-refractivity contribution is 0.159. The molecule has 23 heavy (non-hydrogen) atoms. The van der Waals surface area contributed by atoms with Crippen molar-refractivity contribution < 1.29 is 4.39 Å². The topological polar surface area (TPSA) is 21.1 Å². The van der Waals surface area contributed by atoms with Crippen LogP contribution in [0.1, 0.15) is 36.3 Å². The molecule has 0 unspecified atom stereocenters. The van der Waals surface area contributed by atoms with Crippen LogP contribution in [0.15, 0.2) is 30.5 Å². The SMILES string of the molecule is Cc1ncc(CN2CCC[C@@H](CCc3ccc(F)cc3)C2)n1C. The van der Waals surface area contributed by atoms with Crippen molar-refractivity contribution in [2.24, 2.45) is 13.0 Å². The molecular weight excluding hydrogens is 289 g/mol. The lowest BCUT2D eigenvalue weighted by Gasteiger charge is -2.32. The molecule has 3 nitrogen and oxygen atoms in total. The van der Waals surface area contributed by atoms with Gasteiger partial charge in [-0.25, -0.2) is 9.37 Å². The second kappa shape index (κ2) is 7.26. The predicted octanol–water partition coefficient (Wildman–Crippen LogP) is 3.71. The first-order chi connectivity index (χ1) is 11.1. The number of imidazole rings is 1. The Kier molecular flexibility index (Phi) is 5.11. The summed E-state index contributed by atoms with van der Waals surface area (Å²) in [5, 5.41) is 0. The Labute approximate surface area is 138 Å². The number of aromatic nitrogens is 2. The van der Waals surface area contributed by atoms with E-state index in [1.807, 2.05) is 25.3 Å². The molecule has 0 aliphatic carbocycles. The lowest BCUT2D eigenvalue weighted by atomic mass is 9.91. The van der Waals surface area contributed by atoms with Crippen LogP contribution in [0.3, 0.4) is 0 Å². The normalized spacial score (nSPS) is 19.2. The van der Waals surface area contributed by atoms with Gasteiger partial charge in [-0.15, -0.1) is 0 Å². The standard InChI is InChI=1S/C19H26FN3/c1-15-21-12-19(22(15)2)14-23-11-3-4-17(13-23)6-5-16-7-9-18(20)10-8-16/h7-10,12,17H,3-6,11,13-14H2,1-2H3/t17-/m0/s1. The molecule has 0 radical (unpaired) electrons. The molecule has 1 aromatic heterocycles. The van der Waals surface area contributed by atoms with Gasteiger partial charge in [0.1, 0.15) is 11.6 Å². The van der Waals surface area contributed by atoms with Gasteiger partial charge in [0.2, 0.25) is 0 Å². The molecule has 1 fully saturated rings. The highest BCUT2D eigenvalue weighted by Crippen LogP contribution is 2.23. The Morgan fingerprint density at radius 3 is 2.74 bits per heavy atom. The molecule has 1 aliphatic rings. The van der Waals surface area contributed by atoms with Crippen molar-refractivity contribution in [3.05, 3.63) is 53.4 Å². The van der Waals surface area contributed by atoms with Crippen molar-refractivity contribution in [3.63, 3.8) is 0 Å². The Bertz CT molecular complexity index is 633. The smallest absolute Gasteiger partial charge is 0.123 e. The number of hydrogen-bond donors (Lipinski definition) is 0. The molecule has 3 rings (SSSR count). The van der Waals surface area contributed by atoms with Gasteiger partial charge in [-0.1, -0.05) is 12.1 Å². The summed E-state index contributed by atoms with van der Waals surface area (Å²) in [5.74, 6) is 1.66. The summed E-state index contributed by atoms with van der Waals surface area (Å²) in [6.07, 6.45) is 6.81. The molecule has 1 saturated heterocycles. The van der Waals surface area contributed by atoms with Gasteiger partial charge in [0.05, 0.1) is 5.69 Å². The molecule has 2 aromatic rings. The van der Waals surface area contributed by atoms with Crippen molar-refractivity contribution in [3.8, 4) is 0 Å². The summed E-state index contributed by atoms with van der Waals surface area (Å²) in [5.41, 5.74) is 2.53. The van der Waals surface area contributed by atoms with Crippen LogP contribution in [-0.4, -0.2) is 27.5 Å². The minimum atomic E-state index is -0.149. The average molecular weight is 315 g/mol. The minimum Gasteiger partial charge on any atom is -0.334 e. The van der Waals surface area contributed by atoms with E-state index < -0.39 is 0 Å². The van der Waals surface area contributed by atoms with E-state index in [-0.39, 0.29) is 5.82 Å². The number of likely N-dealkylation sites (tertiary alicyclic amines) is 1. The first kappa shape index (κ1) is 16.2. The van der Waals surface area contributed by atoms with Crippen molar-refractivity contribution in [2.75, 3.05) is 13.1 Å². The number of rotatable bonds is 5. The number of piperidine rings is 1. The second-order valence-corrected chi connectivity index (χ2v) is 6.76. The molecule has 124 valence electrons. The Balaban J connectivity index is 1.51. The highest BCUT2D eigenvalue weighted by Gasteiger charge is 2.20. The maximum absolute atomic E-state index is 13.0. The van der Waals surface area contributed by atoms with Crippen LogP contribution in [0, 0.1) is 18.7 Å². The maximum Gasteiger partial charge on any atom is 0.123 e. The fraction of sp³-hybridized carbons (Fsp3) is 0.526. The molecule has 1 aromatic carbocycles. The third-order valence-electron chi connectivity index (χ3n) is 5.06. The first-order valence-corrected chi connectivity index (χ1v) is 8.56. The number of nitrogens with zero attached hydrogens (tertiary/aromatic N) is 3. The summed E-state index contributed by atoms with van der Waals surface area (Å²) in [6, 6.07) is 6.95. The van der Waals surface area contributed by atoms with E-state index in [4.69, 9.17) is 0 Å². The quantitative estimate of drug-likeness (QED) is 0.838. The van der Waals surface area contributed by atoms with E-state index in [2.05, 4.69) is 21.5 Å². The second-order valence-electron chi connectivity index (χ2n) is 6.76. The molecular formula is C19H26FN3. The molecule has 1 aliphatic heterocycles. The predicted molar refractivity (Wildman–Crippen MR) is 90.7 cm³/mol. The summed E-state index contributed by atoms with van der Waals surface area (Å²) in [4.78, 5) is 6.94. The number of aryl methyl sites for hydroxylation is 2. The van der Waals surface area contributed by atoms with E-state index in [1.165, 1.54) is 37.1 Å². The van der Waals surface area contributed by atoms with Crippen molar-refractivity contribution in [1.82, 2.24) is 14.5 Å². The van der Waals surface area contributed by atoms with E-state index in [1.54, 1.807) is 12.1 Å². The van der Waals surface area contributed by atoms with E-state index >= 15 is 0 Å². The van der Waals surface area contributed by atoms with Gasteiger partial charge in [0, 0.05) is 26.3 Å². The van der Waals surface area contributed by atoms with E-state index in [0.29, 0.717) is 0 Å². The lowest BCUT2D eigenvalue weighted by Crippen LogP contribution is -2.35. The molecule has 0 saturated carbocycles. The van der Waals surface area contributed by atoms with Gasteiger partial charge >= 0.3 is 0 Å². The fourth-order valence-electron chi connectivity index (χ4n) is 3.48. The van der Waals surface area contributed by atoms with Crippen LogP contribution in [0.5, 0.6) is 0 Å². The average Bonchev–Trinajstić information content (AvgIpc) is 2.87. The van der Waals surface area contributed by atoms with Gasteiger partial charge < -0.3 is 4.57 Å². The molecule has 0 amide bonds. The Hall–Kier alpha value is -1.68. The first-order valence-electron chi connectivity index (χ1n) is 8.56. The maximum atomic E-state index is 13.0. The summed E-state index contributed by atoms with van der Waals surface area (Å²) in [6.45, 7) is 5.37. The summed E-state index contributed by atoms with van der Waals surface area (Å²) in [7, 11) is 2.09. The van der Waals surface area contributed by atoms with Crippen molar-refractivity contribution in [1.29, 1.82) is 0 Å².